The number of ether oxygens (including phenoxy) is 1. The number of nitrogens with one attached hydrogen (secondary N) is 1. The molecule has 1 aromatic rings. The summed E-state index contributed by atoms with van der Waals surface area (Å²) in [6.45, 7) is 2.78. The van der Waals surface area contributed by atoms with Gasteiger partial charge >= 0.3 is 0 Å². The Morgan fingerprint density at radius 3 is 2.80 bits per heavy atom. The molecule has 0 aliphatic carbocycles. The van der Waals surface area contributed by atoms with Crippen molar-refractivity contribution in [3.63, 3.8) is 0 Å². The summed E-state index contributed by atoms with van der Waals surface area (Å²) in [5.74, 6) is 0.456. The minimum atomic E-state index is -0.155. The smallest absolute Gasteiger partial charge is 0.229 e. The van der Waals surface area contributed by atoms with Gasteiger partial charge in [-0.1, -0.05) is 12.1 Å². The van der Waals surface area contributed by atoms with Crippen LogP contribution in [0, 0.1) is 5.92 Å². The van der Waals surface area contributed by atoms with Crippen LogP contribution in [-0.4, -0.2) is 36.9 Å². The van der Waals surface area contributed by atoms with Gasteiger partial charge in [0.25, 0.3) is 0 Å². The number of carbonyl (C=O) groups excluding carboxylic acids is 2. The standard InChI is InChI=1S/C15H20N2O3/c1-11(18)17-9-5-6-12(10-17)15(19)16-13-7-3-4-8-14(13)20-2/h3-4,7-8,12H,5-6,9-10H2,1-2H3,(H,16,19). The van der Waals surface area contributed by atoms with Crippen molar-refractivity contribution >= 4 is 17.5 Å². The maximum atomic E-state index is 12.3. The molecule has 0 radical (unpaired) electrons. The van der Waals surface area contributed by atoms with Gasteiger partial charge in [-0.05, 0) is 25.0 Å². The van der Waals surface area contributed by atoms with Crippen molar-refractivity contribution in [1.82, 2.24) is 4.90 Å². The van der Waals surface area contributed by atoms with Crippen LogP contribution in [0.4, 0.5) is 5.69 Å². The van der Waals surface area contributed by atoms with E-state index >= 15 is 0 Å². The normalized spacial score (nSPS) is 18.5. The summed E-state index contributed by atoms with van der Waals surface area (Å²) in [5.41, 5.74) is 0.667. The maximum absolute atomic E-state index is 12.3. The molecule has 0 spiro atoms. The first-order valence-electron chi connectivity index (χ1n) is 6.81. The average molecular weight is 276 g/mol. The quantitative estimate of drug-likeness (QED) is 0.917. The zero-order valence-electron chi connectivity index (χ0n) is 11.9. The average Bonchev–Trinajstić information content (AvgIpc) is 2.48. The van der Waals surface area contributed by atoms with Crippen molar-refractivity contribution in [2.45, 2.75) is 19.8 Å². The number of amides is 2. The summed E-state index contributed by atoms with van der Waals surface area (Å²) in [5, 5.41) is 2.89. The Bertz CT molecular complexity index is 502. The Kier molecular flexibility index (Phi) is 4.61. The molecule has 2 amide bonds. The number of carbonyl (C=O) groups is 2. The first kappa shape index (κ1) is 14.4. The van der Waals surface area contributed by atoms with Gasteiger partial charge in [-0.15, -0.1) is 0 Å². The topological polar surface area (TPSA) is 58.6 Å². The Labute approximate surface area is 118 Å². The highest BCUT2D eigenvalue weighted by Crippen LogP contribution is 2.25. The van der Waals surface area contributed by atoms with E-state index in [4.69, 9.17) is 4.74 Å². The lowest BCUT2D eigenvalue weighted by Gasteiger charge is -2.31. The molecule has 1 aliphatic heterocycles. The number of hydrogen-bond acceptors (Lipinski definition) is 3. The lowest BCUT2D eigenvalue weighted by atomic mass is 9.97. The van der Waals surface area contributed by atoms with Crippen LogP contribution in [0.15, 0.2) is 24.3 Å². The third kappa shape index (κ3) is 3.29. The first-order valence-corrected chi connectivity index (χ1v) is 6.81. The monoisotopic (exact) mass is 276 g/mol. The predicted molar refractivity (Wildman–Crippen MR) is 76.6 cm³/mol. The van der Waals surface area contributed by atoms with Crippen LogP contribution in [0.3, 0.4) is 0 Å². The van der Waals surface area contributed by atoms with Gasteiger partial charge in [-0.2, -0.15) is 0 Å². The molecule has 0 aromatic heterocycles. The van der Waals surface area contributed by atoms with Crippen molar-refractivity contribution in [2.75, 3.05) is 25.5 Å². The Hall–Kier alpha value is -2.04. The molecule has 0 saturated carbocycles. The van der Waals surface area contributed by atoms with Gasteiger partial charge in [0.15, 0.2) is 0 Å². The van der Waals surface area contributed by atoms with Gasteiger partial charge in [-0.25, -0.2) is 0 Å². The fourth-order valence-corrected chi connectivity index (χ4v) is 2.46. The molecule has 1 atom stereocenters. The second kappa shape index (κ2) is 6.41. The Morgan fingerprint density at radius 1 is 1.35 bits per heavy atom. The molecule has 1 aromatic carbocycles. The van der Waals surface area contributed by atoms with Crippen LogP contribution < -0.4 is 10.1 Å². The maximum Gasteiger partial charge on any atom is 0.229 e. The zero-order chi connectivity index (χ0) is 14.5. The third-order valence-electron chi connectivity index (χ3n) is 3.60. The molecule has 5 heteroatoms. The number of benzene rings is 1. The SMILES string of the molecule is COc1ccccc1NC(=O)C1CCCN(C(C)=O)C1. The van der Waals surface area contributed by atoms with Crippen molar-refractivity contribution < 1.29 is 14.3 Å². The van der Waals surface area contributed by atoms with E-state index in [-0.39, 0.29) is 17.7 Å². The van der Waals surface area contributed by atoms with E-state index in [1.165, 1.54) is 0 Å². The van der Waals surface area contributed by atoms with Crippen molar-refractivity contribution in [3.05, 3.63) is 24.3 Å². The van der Waals surface area contributed by atoms with Crippen LogP contribution in [0.1, 0.15) is 19.8 Å². The fourth-order valence-electron chi connectivity index (χ4n) is 2.46. The van der Waals surface area contributed by atoms with E-state index in [2.05, 4.69) is 5.32 Å². The molecular formula is C15H20N2O3. The number of nitrogens with zero attached hydrogens (tertiary/aromatic N) is 1. The van der Waals surface area contributed by atoms with Gasteiger partial charge in [0, 0.05) is 20.0 Å². The first-order chi connectivity index (χ1) is 9.61. The summed E-state index contributed by atoms with van der Waals surface area (Å²) in [6.07, 6.45) is 1.67. The molecule has 1 unspecified atom stereocenters. The van der Waals surface area contributed by atoms with Gasteiger partial charge in [0.2, 0.25) is 11.8 Å². The van der Waals surface area contributed by atoms with Crippen LogP contribution in [0.5, 0.6) is 5.75 Å². The molecule has 1 aliphatic rings. The molecule has 108 valence electrons. The number of para-hydroxylation sites is 2. The summed E-state index contributed by atoms with van der Waals surface area (Å²) >= 11 is 0. The van der Waals surface area contributed by atoms with Gasteiger partial charge in [-0.3, -0.25) is 9.59 Å². The second-order valence-corrected chi connectivity index (χ2v) is 4.99. The molecule has 2 rings (SSSR count). The third-order valence-corrected chi connectivity index (χ3v) is 3.60. The molecule has 1 N–H and O–H groups in total. The molecule has 5 nitrogen and oxygen atoms in total. The summed E-state index contributed by atoms with van der Waals surface area (Å²) < 4.78 is 5.21. The van der Waals surface area contributed by atoms with Crippen molar-refractivity contribution in [1.29, 1.82) is 0 Å². The largest absolute Gasteiger partial charge is 0.495 e. The zero-order valence-corrected chi connectivity index (χ0v) is 11.9. The van der Waals surface area contributed by atoms with Crippen LogP contribution >= 0.6 is 0 Å². The summed E-state index contributed by atoms with van der Waals surface area (Å²) in [7, 11) is 1.57. The number of anilines is 1. The lowest BCUT2D eigenvalue weighted by molar-refractivity contribution is -0.132. The molecule has 1 saturated heterocycles. The van der Waals surface area contributed by atoms with Crippen molar-refractivity contribution in [2.24, 2.45) is 5.92 Å². The van der Waals surface area contributed by atoms with E-state index in [1.54, 1.807) is 25.0 Å². The van der Waals surface area contributed by atoms with Crippen LogP contribution in [0.2, 0.25) is 0 Å². The molecule has 20 heavy (non-hydrogen) atoms. The molecule has 1 heterocycles. The minimum Gasteiger partial charge on any atom is -0.495 e. The van der Waals surface area contributed by atoms with E-state index in [0.717, 1.165) is 19.4 Å². The predicted octanol–water partition coefficient (Wildman–Crippen LogP) is 1.89. The number of likely N-dealkylation sites (tertiary alicyclic amines) is 1. The number of rotatable bonds is 3. The van der Waals surface area contributed by atoms with E-state index in [1.807, 2.05) is 18.2 Å². The van der Waals surface area contributed by atoms with E-state index < -0.39 is 0 Å². The summed E-state index contributed by atoms with van der Waals surface area (Å²) in [6, 6.07) is 7.31. The van der Waals surface area contributed by atoms with E-state index in [9.17, 15) is 9.59 Å². The molecular weight excluding hydrogens is 256 g/mol. The Morgan fingerprint density at radius 2 is 2.10 bits per heavy atom. The van der Waals surface area contributed by atoms with Gasteiger partial charge in [0.1, 0.15) is 5.75 Å². The van der Waals surface area contributed by atoms with Crippen molar-refractivity contribution in [3.8, 4) is 5.75 Å². The van der Waals surface area contributed by atoms with Crippen LogP contribution in [0.25, 0.3) is 0 Å². The van der Waals surface area contributed by atoms with Gasteiger partial charge < -0.3 is 15.0 Å². The minimum absolute atomic E-state index is 0.0276. The number of methoxy groups -OCH3 is 1. The summed E-state index contributed by atoms with van der Waals surface area (Å²) in [4.78, 5) is 25.4. The Balaban J connectivity index is 2.02. The molecule has 0 bridgehead atoms. The highest BCUT2D eigenvalue weighted by Gasteiger charge is 2.27. The fraction of sp³-hybridized carbons (Fsp3) is 0.467. The number of piperidine rings is 1. The second-order valence-electron chi connectivity index (χ2n) is 4.99. The van der Waals surface area contributed by atoms with Gasteiger partial charge in [0.05, 0.1) is 18.7 Å². The lowest BCUT2D eigenvalue weighted by Crippen LogP contribution is -2.42. The molecule has 1 fully saturated rings. The highest BCUT2D eigenvalue weighted by atomic mass is 16.5. The van der Waals surface area contributed by atoms with E-state index in [0.29, 0.717) is 18.0 Å². The number of hydrogen-bond donors (Lipinski definition) is 1. The highest BCUT2D eigenvalue weighted by molar-refractivity contribution is 5.94. The van der Waals surface area contributed by atoms with Crippen LogP contribution in [-0.2, 0) is 9.59 Å².